The van der Waals surface area contributed by atoms with Gasteiger partial charge in [-0.25, -0.2) is 0 Å². The zero-order chi connectivity index (χ0) is 28.0. The first-order valence-electron chi connectivity index (χ1n) is 12.8. The summed E-state index contributed by atoms with van der Waals surface area (Å²) in [7, 11) is 0. The van der Waals surface area contributed by atoms with Crippen LogP contribution in [0.3, 0.4) is 0 Å². The van der Waals surface area contributed by atoms with Gasteiger partial charge in [0, 0.05) is 51.7 Å². The summed E-state index contributed by atoms with van der Waals surface area (Å²) >= 11 is 0. The van der Waals surface area contributed by atoms with Crippen molar-refractivity contribution >= 4 is 5.97 Å². The molecule has 3 N–H and O–H groups in total. The molecule has 0 radical (unpaired) electrons. The van der Waals surface area contributed by atoms with Crippen molar-refractivity contribution in [3.05, 3.63) is 89.7 Å². The van der Waals surface area contributed by atoms with E-state index >= 15 is 0 Å². The van der Waals surface area contributed by atoms with Gasteiger partial charge in [0.1, 0.15) is 12.6 Å². The summed E-state index contributed by atoms with van der Waals surface area (Å²) in [6, 6.07) is 17.0. The molecule has 7 nitrogen and oxygen atoms in total. The van der Waals surface area contributed by atoms with Gasteiger partial charge >= 0.3 is 12.1 Å². The molecule has 0 spiro atoms. The number of hydrogen-bond donors (Lipinski definition) is 2. The summed E-state index contributed by atoms with van der Waals surface area (Å²) in [4.78, 5) is 21.2. The third-order valence-electron chi connectivity index (χ3n) is 7.04. The number of nitrogens with zero attached hydrogens (tertiary/aromatic N) is 3. The van der Waals surface area contributed by atoms with Crippen molar-refractivity contribution in [2.24, 2.45) is 5.73 Å². The lowest BCUT2D eigenvalue weighted by molar-refractivity contribution is -0.258. The fraction of sp³-hybridized carbons (Fsp3) is 0.379. The molecule has 39 heavy (non-hydrogen) atoms. The number of esters is 1. The molecule has 3 aromatic rings. The van der Waals surface area contributed by atoms with Gasteiger partial charge in [0.25, 0.3) is 0 Å². The minimum atomic E-state index is -4.76. The number of benzene rings is 2. The van der Waals surface area contributed by atoms with Gasteiger partial charge in [-0.1, -0.05) is 48.5 Å². The number of pyridine rings is 1. The quantitative estimate of drug-likeness (QED) is 0.399. The van der Waals surface area contributed by atoms with Gasteiger partial charge in [-0.05, 0) is 46.9 Å². The molecular weight excluding hydrogens is 509 g/mol. The second kappa shape index (κ2) is 12.3. The van der Waals surface area contributed by atoms with Crippen molar-refractivity contribution in [2.75, 3.05) is 32.8 Å². The summed E-state index contributed by atoms with van der Waals surface area (Å²) in [6.45, 7) is 4.42. The molecule has 0 saturated carbocycles. The monoisotopic (exact) mass is 542 g/mol. The molecule has 1 saturated heterocycles. The molecule has 2 aromatic carbocycles. The molecule has 0 aliphatic carbocycles. The van der Waals surface area contributed by atoms with Crippen LogP contribution in [0.1, 0.15) is 23.6 Å². The lowest BCUT2D eigenvalue weighted by Gasteiger charge is -2.40. The van der Waals surface area contributed by atoms with E-state index in [1.165, 1.54) is 12.1 Å². The van der Waals surface area contributed by atoms with E-state index in [0.717, 1.165) is 35.7 Å². The maximum absolute atomic E-state index is 13.1. The fourth-order valence-corrected chi connectivity index (χ4v) is 4.62. The van der Waals surface area contributed by atoms with Crippen molar-refractivity contribution in [1.29, 1.82) is 0 Å². The molecule has 2 atom stereocenters. The van der Waals surface area contributed by atoms with Gasteiger partial charge in [-0.3, -0.25) is 19.6 Å². The number of piperazine rings is 1. The predicted molar refractivity (Wildman–Crippen MR) is 141 cm³/mol. The minimum Gasteiger partial charge on any atom is -0.463 e. The number of hydrogen-bond acceptors (Lipinski definition) is 7. The summed E-state index contributed by atoms with van der Waals surface area (Å²) in [5, 5.41) is 9.89. The van der Waals surface area contributed by atoms with E-state index < -0.39 is 17.8 Å². The summed E-state index contributed by atoms with van der Waals surface area (Å²) in [5.41, 5.74) is 6.12. The minimum absolute atomic E-state index is 0.175. The lowest BCUT2D eigenvalue weighted by atomic mass is 9.93. The van der Waals surface area contributed by atoms with E-state index in [4.69, 9.17) is 10.5 Å². The smallest absolute Gasteiger partial charge is 0.421 e. The Morgan fingerprint density at radius 1 is 0.974 bits per heavy atom. The molecule has 1 fully saturated rings. The Morgan fingerprint density at radius 3 is 2.15 bits per heavy atom. The highest BCUT2D eigenvalue weighted by Gasteiger charge is 2.51. The van der Waals surface area contributed by atoms with E-state index in [1.54, 1.807) is 24.5 Å². The standard InChI is InChI=1S/C29H33F3N4O3/c1-28(38,29(30,31)32)25-8-6-24(7-9-25)23-4-2-21(3-5-23)18-35-15-16-36(19-22-10-13-34-14-11-22)26(20-35)27(37)39-17-12-33/h2-11,13-14,26,38H,12,15-20,33H2,1H3/t26-,28?/m1/s1. The third kappa shape index (κ3) is 7.02. The first-order chi connectivity index (χ1) is 18.6. The second-order valence-electron chi connectivity index (χ2n) is 9.88. The Labute approximate surface area is 226 Å². The first kappa shape index (κ1) is 28.7. The average Bonchev–Trinajstić information content (AvgIpc) is 2.93. The van der Waals surface area contributed by atoms with E-state index in [0.29, 0.717) is 26.2 Å². The van der Waals surface area contributed by atoms with Crippen LogP contribution in [0, 0.1) is 0 Å². The fourth-order valence-electron chi connectivity index (χ4n) is 4.62. The molecule has 208 valence electrons. The number of nitrogens with two attached hydrogens (primary N) is 1. The van der Waals surface area contributed by atoms with Crippen molar-refractivity contribution in [1.82, 2.24) is 14.8 Å². The number of carbonyl (C=O) groups excluding carboxylic acids is 1. The highest BCUT2D eigenvalue weighted by molar-refractivity contribution is 5.76. The second-order valence-corrected chi connectivity index (χ2v) is 9.88. The highest BCUT2D eigenvalue weighted by Crippen LogP contribution is 2.39. The Bertz CT molecular complexity index is 1220. The molecular formula is C29H33F3N4O3. The first-order valence-corrected chi connectivity index (χ1v) is 12.8. The van der Waals surface area contributed by atoms with Crippen LogP contribution in [0.4, 0.5) is 13.2 Å². The summed E-state index contributed by atoms with van der Waals surface area (Å²) < 4.78 is 44.8. The van der Waals surface area contributed by atoms with Gasteiger partial charge in [-0.15, -0.1) is 0 Å². The van der Waals surface area contributed by atoms with Crippen molar-refractivity contribution in [3.63, 3.8) is 0 Å². The van der Waals surface area contributed by atoms with E-state index in [9.17, 15) is 23.1 Å². The number of alkyl halides is 3. The number of halogens is 3. The molecule has 1 aliphatic heterocycles. The maximum atomic E-state index is 13.1. The van der Waals surface area contributed by atoms with E-state index in [1.807, 2.05) is 36.4 Å². The molecule has 0 amide bonds. The van der Waals surface area contributed by atoms with E-state index in [-0.39, 0.29) is 24.7 Å². The number of carbonyl (C=O) groups is 1. The van der Waals surface area contributed by atoms with Crippen LogP contribution in [-0.2, 0) is 28.2 Å². The Balaban J connectivity index is 1.41. The van der Waals surface area contributed by atoms with Crippen LogP contribution in [0.15, 0.2) is 73.1 Å². The largest absolute Gasteiger partial charge is 0.463 e. The van der Waals surface area contributed by atoms with Crippen LogP contribution >= 0.6 is 0 Å². The topological polar surface area (TPSA) is 91.9 Å². The van der Waals surface area contributed by atoms with Crippen molar-refractivity contribution in [2.45, 2.75) is 37.8 Å². The molecule has 4 rings (SSSR count). The predicted octanol–water partition coefficient (Wildman–Crippen LogP) is 3.71. The van der Waals surface area contributed by atoms with Crippen molar-refractivity contribution < 1.29 is 27.8 Å². The third-order valence-corrected chi connectivity index (χ3v) is 7.04. The number of aromatic nitrogens is 1. The average molecular weight is 543 g/mol. The molecule has 10 heteroatoms. The van der Waals surface area contributed by atoms with Crippen LogP contribution in [-0.4, -0.2) is 70.9 Å². The maximum Gasteiger partial charge on any atom is 0.421 e. The SMILES string of the molecule is CC(O)(c1ccc(-c2ccc(CN3CCN(Cc4ccncc4)[C@@H](C(=O)OCCN)C3)cc2)cc1)C(F)(F)F. The number of ether oxygens (including phenoxy) is 1. The van der Waals surface area contributed by atoms with Gasteiger partial charge in [-0.2, -0.15) is 13.2 Å². The zero-order valence-corrected chi connectivity index (χ0v) is 21.8. The molecule has 1 aliphatic rings. The Kier molecular flexibility index (Phi) is 9.01. The van der Waals surface area contributed by atoms with Crippen LogP contribution in [0.2, 0.25) is 0 Å². The van der Waals surface area contributed by atoms with Gasteiger partial charge in [0.15, 0.2) is 5.60 Å². The lowest BCUT2D eigenvalue weighted by Crippen LogP contribution is -2.56. The van der Waals surface area contributed by atoms with Crippen LogP contribution in [0.25, 0.3) is 11.1 Å². The Hall–Kier alpha value is -3.31. The van der Waals surface area contributed by atoms with Crippen molar-refractivity contribution in [3.8, 4) is 11.1 Å². The molecule has 1 aromatic heterocycles. The van der Waals surface area contributed by atoms with Gasteiger partial charge < -0.3 is 15.6 Å². The molecule has 2 heterocycles. The van der Waals surface area contributed by atoms with Gasteiger partial charge in [0.05, 0.1) is 0 Å². The van der Waals surface area contributed by atoms with Crippen LogP contribution in [0.5, 0.6) is 0 Å². The number of aliphatic hydroxyl groups is 1. The van der Waals surface area contributed by atoms with Gasteiger partial charge in [0.2, 0.25) is 0 Å². The number of rotatable bonds is 9. The molecule has 0 bridgehead atoms. The summed E-state index contributed by atoms with van der Waals surface area (Å²) in [6.07, 6.45) is -1.30. The highest BCUT2D eigenvalue weighted by atomic mass is 19.4. The summed E-state index contributed by atoms with van der Waals surface area (Å²) in [5.74, 6) is -0.289. The van der Waals surface area contributed by atoms with Crippen LogP contribution < -0.4 is 5.73 Å². The van der Waals surface area contributed by atoms with E-state index in [2.05, 4.69) is 14.8 Å². The normalized spacial score (nSPS) is 18.5. The zero-order valence-electron chi connectivity index (χ0n) is 21.8. The molecule has 1 unspecified atom stereocenters. The Morgan fingerprint density at radius 2 is 1.56 bits per heavy atom.